The van der Waals surface area contributed by atoms with Crippen LogP contribution in [0.3, 0.4) is 0 Å². The Balaban J connectivity index is 2.04. The lowest BCUT2D eigenvalue weighted by atomic mass is 10.2. The number of carbonyl (C=O) groups excluding carboxylic acids is 1. The molecule has 0 aliphatic carbocycles. The maximum absolute atomic E-state index is 11.8. The first-order valence-electron chi connectivity index (χ1n) is 8.54. The lowest BCUT2D eigenvalue weighted by Crippen LogP contribution is -2.31. The molecule has 1 aromatic carbocycles. The molecule has 0 fully saturated rings. The molecule has 0 aliphatic rings. The lowest BCUT2D eigenvalue weighted by Gasteiger charge is -2.27. The minimum atomic E-state index is -0.0103. The van der Waals surface area contributed by atoms with E-state index in [-0.39, 0.29) is 5.91 Å². The predicted octanol–water partition coefficient (Wildman–Crippen LogP) is 4.02. The molecule has 1 amide bonds. The molecule has 2 aromatic rings. The third-order valence-electron chi connectivity index (χ3n) is 3.79. The average Bonchev–Trinajstić information content (AvgIpc) is 2.59. The van der Waals surface area contributed by atoms with Crippen molar-refractivity contribution in [2.75, 3.05) is 10.2 Å². The quantitative estimate of drug-likeness (QED) is 0.796. The molecule has 0 saturated heterocycles. The highest BCUT2D eigenvalue weighted by atomic mass is 16.1. The summed E-state index contributed by atoms with van der Waals surface area (Å²) in [6.07, 6.45) is 2.41. The molecule has 0 radical (unpaired) electrons. The Bertz CT molecular complexity index is 626. The van der Waals surface area contributed by atoms with Crippen LogP contribution in [0.4, 0.5) is 11.6 Å². The molecular weight excluding hydrogens is 300 g/mol. The topological polar surface area (TPSA) is 58.1 Å². The van der Waals surface area contributed by atoms with Crippen molar-refractivity contribution in [3.05, 3.63) is 48.0 Å². The number of aromatic nitrogens is 2. The van der Waals surface area contributed by atoms with Gasteiger partial charge in [-0.1, -0.05) is 43.7 Å². The number of carbonyl (C=O) groups is 1. The van der Waals surface area contributed by atoms with Gasteiger partial charge < -0.3 is 10.2 Å². The van der Waals surface area contributed by atoms with Gasteiger partial charge in [0.15, 0.2) is 11.6 Å². The number of unbranched alkanes of at least 4 members (excludes halogenated alkanes) is 1. The van der Waals surface area contributed by atoms with Crippen LogP contribution in [0, 0.1) is 0 Å². The van der Waals surface area contributed by atoms with E-state index in [0.29, 0.717) is 18.3 Å². The Labute approximate surface area is 144 Å². The third-order valence-corrected chi connectivity index (χ3v) is 3.79. The summed E-state index contributed by atoms with van der Waals surface area (Å²) in [5, 5.41) is 11.2. The molecule has 5 nitrogen and oxygen atoms in total. The SMILES string of the molecule is CCCCC(=O)Nc1ccc(N(Cc2ccccc2)C(C)C)nn1. The molecule has 0 unspecified atom stereocenters. The minimum Gasteiger partial charge on any atom is -0.348 e. The van der Waals surface area contributed by atoms with E-state index < -0.39 is 0 Å². The summed E-state index contributed by atoms with van der Waals surface area (Å²) in [5.74, 6) is 1.30. The standard InChI is InChI=1S/C19H26N4O/c1-4-5-11-19(24)20-17-12-13-18(22-21-17)23(15(2)3)14-16-9-7-6-8-10-16/h6-10,12-13,15H,4-5,11,14H2,1-3H3,(H,20,21,24). The first-order valence-corrected chi connectivity index (χ1v) is 8.54. The van der Waals surface area contributed by atoms with E-state index in [9.17, 15) is 4.79 Å². The molecule has 0 spiro atoms. The van der Waals surface area contributed by atoms with Crippen molar-refractivity contribution >= 4 is 17.5 Å². The summed E-state index contributed by atoms with van der Waals surface area (Å²) in [6, 6.07) is 14.3. The fourth-order valence-corrected chi connectivity index (χ4v) is 2.40. The van der Waals surface area contributed by atoms with E-state index in [1.54, 1.807) is 0 Å². The van der Waals surface area contributed by atoms with E-state index in [0.717, 1.165) is 25.2 Å². The van der Waals surface area contributed by atoms with Gasteiger partial charge in [-0.2, -0.15) is 0 Å². The fraction of sp³-hybridized carbons (Fsp3) is 0.421. The summed E-state index contributed by atoms with van der Waals surface area (Å²) in [5.41, 5.74) is 1.23. The number of hydrogen-bond acceptors (Lipinski definition) is 4. The van der Waals surface area contributed by atoms with Crippen LogP contribution in [0.5, 0.6) is 0 Å². The van der Waals surface area contributed by atoms with Crippen LogP contribution in [0.15, 0.2) is 42.5 Å². The van der Waals surface area contributed by atoms with Crippen molar-refractivity contribution in [2.45, 2.75) is 52.6 Å². The van der Waals surface area contributed by atoms with E-state index >= 15 is 0 Å². The molecule has 0 bridgehead atoms. The Morgan fingerprint density at radius 3 is 2.46 bits per heavy atom. The number of hydrogen-bond donors (Lipinski definition) is 1. The van der Waals surface area contributed by atoms with Crippen molar-refractivity contribution < 1.29 is 4.79 Å². The van der Waals surface area contributed by atoms with Crippen molar-refractivity contribution in [2.24, 2.45) is 0 Å². The van der Waals surface area contributed by atoms with E-state index in [2.05, 4.69) is 53.3 Å². The van der Waals surface area contributed by atoms with Crippen LogP contribution in [-0.4, -0.2) is 22.1 Å². The molecule has 1 N–H and O–H groups in total. The smallest absolute Gasteiger partial charge is 0.225 e. The number of amides is 1. The molecule has 5 heteroatoms. The highest BCUT2D eigenvalue weighted by Crippen LogP contribution is 2.18. The molecule has 128 valence electrons. The fourth-order valence-electron chi connectivity index (χ4n) is 2.40. The van der Waals surface area contributed by atoms with Crippen molar-refractivity contribution in [1.29, 1.82) is 0 Å². The summed E-state index contributed by atoms with van der Waals surface area (Å²) in [4.78, 5) is 13.9. The van der Waals surface area contributed by atoms with Gasteiger partial charge >= 0.3 is 0 Å². The molecule has 0 saturated carbocycles. The second-order valence-corrected chi connectivity index (χ2v) is 6.14. The van der Waals surface area contributed by atoms with Gasteiger partial charge in [-0.3, -0.25) is 4.79 Å². The van der Waals surface area contributed by atoms with Crippen LogP contribution >= 0.6 is 0 Å². The van der Waals surface area contributed by atoms with Crippen LogP contribution in [-0.2, 0) is 11.3 Å². The first kappa shape index (κ1) is 17.9. The van der Waals surface area contributed by atoms with Crippen LogP contribution in [0.25, 0.3) is 0 Å². The van der Waals surface area contributed by atoms with Gasteiger partial charge in [-0.05, 0) is 38.0 Å². The third kappa shape index (κ3) is 5.33. The Hall–Kier alpha value is -2.43. The average molecular weight is 326 g/mol. The maximum Gasteiger partial charge on any atom is 0.225 e. The summed E-state index contributed by atoms with van der Waals surface area (Å²) in [7, 11) is 0. The van der Waals surface area contributed by atoms with Crippen LogP contribution in [0.2, 0.25) is 0 Å². The van der Waals surface area contributed by atoms with Gasteiger partial charge in [-0.15, -0.1) is 10.2 Å². The van der Waals surface area contributed by atoms with E-state index in [4.69, 9.17) is 0 Å². The van der Waals surface area contributed by atoms with Gasteiger partial charge in [0.2, 0.25) is 5.91 Å². The monoisotopic (exact) mass is 326 g/mol. The van der Waals surface area contributed by atoms with Crippen molar-refractivity contribution in [1.82, 2.24) is 10.2 Å². The minimum absolute atomic E-state index is 0.0103. The van der Waals surface area contributed by atoms with Gasteiger partial charge in [0.25, 0.3) is 0 Å². The lowest BCUT2D eigenvalue weighted by molar-refractivity contribution is -0.116. The predicted molar refractivity (Wildman–Crippen MR) is 97.9 cm³/mol. The molecular formula is C19H26N4O. The van der Waals surface area contributed by atoms with Gasteiger partial charge in [0, 0.05) is 19.0 Å². The van der Waals surface area contributed by atoms with Gasteiger partial charge in [-0.25, -0.2) is 0 Å². The van der Waals surface area contributed by atoms with Crippen LogP contribution < -0.4 is 10.2 Å². The Morgan fingerprint density at radius 1 is 1.12 bits per heavy atom. The second-order valence-electron chi connectivity index (χ2n) is 6.14. The molecule has 2 rings (SSSR count). The number of nitrogens with one attached hydrogen (secondary N) is 1. The van der Waals surface area contributed by atoms with E-state index in [1.807, 2.05) is 30.3 Å². The normalized spacial score (nSPS) is 10.7. The number of rotatable bonds is 8. The zero-order chi connectivity index (χ0) is 17.4. The summed E-state index contributed by atoms with van der Waals surface area (Å²) >= 11 is 0. The summed E-state index contributed by atoms with van der Waals surface area (Å²) in [6.45, 7) is 7.10. The zero-order valence-electron chi connectivity index (χ0n) is 14.7. The Morgan fingerprint density at radius 2 is 1.88 bits per heavy atom. The number of anilines is 2. The molecule has 1 aromatic heterocycles. The first-order chi connectivity index (χ1) is 11.6. The van der Waals surface area contributed by atoms with Crippen molar-refractivity contribution in [3.8, 4) is 0 Å². The van der Waals surface area contributed by atoms with Crippen molar-refractivity contribution in [3.63, 3.8) is 0 Å². The number of benzene rings is 1. The zero-order valence-corrected chi connectivity index (χ0v) is 14.7. The van der Waals surface area contributed by atoms with Gasteiger partial charge in [0.05, 0.1) is 0 Å². The maximum atomic E-state index is 11.8. The Kier molecular flexibility index (Phi) is 6.73. The molecule has 24 heavy (non-hydrogen) atoms. The highest BCUT2D eigenvalue weighted by Gasteiger charge is 2.13. The summed E-state index contributed by atoms with van der Waals surface area (Å²) < 4.78 is 0. The second kappa shape index (κ2) is 9.01. The largest absolute Gasteiger partial charge is 0.348 e. The molecule has 1 heterocycles. The van der Waals surface area contributed by atoms with Gasteiger partial charge in [0.1, 0.15) is 0 Å². The number of nitrogens with zero attached hydrogens (tertiary/aromatic N) is 3. The molecule has 0 atom stereocenters. The highest BCUT2D eigenvalue weighted by molar-refractivity contribution is 5.89. The van der Waals surface area contributed by atoms with E-state index in [1.165, 1.54) is 5.56 Å². The molecule has 0 aliphatic heterocycles. The van der Waals surface area contributed by atoms with Crippen LogP contribution in [0.1, 0.15) is 45.6 Å².